The van der Waals surface area contributed by atoms with E-state index in [2.05, 4.69) is 24.0 Å². The highest BCUT2D eigenvalue weighted by Crippen LogP contribution is 2.20. The summed E-state index contributed by atoms with van der Waals surface area (Å²) in [5.41, 5.74) is 2.63. The molecule has 144 valence electrons. The van der Waals surface area contributed by atoms with Gasteiger partial charge in [-0.1, -0.05) is 50.6 Å². The molecule has 1 aliphatic rings. The predicted molar refractivity (Wildman–Crippen MR) is 104 cm³/mol. The average molecular weight is 368 g/mol. The first-order valence-corrected chi connectivity index (χ1v) is 9.78. The van der Waals surface area contributed by atoms with Gasteiger partial charge in [0.15, 0.2) is 0 Å². The number of amides is 2. The maximum Gasteiger partial charge on any atom is 0.257 e. The molecule has 3 rings (SSSR count). The molecule has 1 N–H and O–H groups in total. The summed E-state index contributed by atoms with van der Waals surface area (Å²) in [5.74, 6) is 0.0852. The lowest BCUT2D eigenvalue weighted by Gasteiger charge is -2.31. The SMILES string of the molecule is CCCc1[nH]ncc1C(=O)N1CCC(=O)N(Cc2ccccc2)[C@H](CC)C1. The van der Waals surface area contributed by atoms with Gasteiger partial charge in [0.1, 0.15) is 0 Å². The van der Waals surface area contributed by atoms with Crippen molar-refractivity contribution in [1.29, 1.82) is 0 Å². The van der Waals surface area contributed by atoms with Crippen LogP contribution in [0.3, 0.4) is 0 Å². The van der Waals surface area contributed by atoms with Crippen molar-refractivity contribution in [3.63, 3.8) is 0 Å². The third-order valence-corrected chi connectivity index (χ3v) is 5.19. The van der Waals surface area contributed by atoms with Gasteiger partial charge in [-0.3, -0.25) is 14.7 Å². The quantitative estimate of drug-likeness (QED) is 0.852. The largest absolute Gasteiger partial charge is 0.336 e. The van der Waals surface area contributed by atoms with Crippen molar-refractivity contribution in [3.8, 4) is 0 Å². The summed E-state index contributed by atoms with van der Waals surface area (Å²) in [7, 11) is 0. The molecule has 0 unspecified atom stereocenters. The molecule has 1 saturated heterocycles. The van der Waals surface area contributed by atoms with Crippen LogP contribution in [0.5, 0.6) is 0 Å². The van der Waals surface area contributed by atoms with Crippen molar-refractivity contribution in [1.82, 2.24) is 20.0 Å². The number of hydrogen-bond donors (Lipinski definition) is 1. The number of nitrogens with zero attached hydrogens (tertiary/aromatic N) is 3. The second-order valence-corrected chi connectivity index (χ2v) is 7.08. The number of carbonyl (C=O) groups excluding carboxylic acids is 2. The number of aryl methyl sites for hydroxylation is 1. The highest BCUT2D eigenvalue weighted by atomic mass is 16.2. The predicted octanol–water partition coefficient (Wildman–Crippen LogP) is 3.02. The minimum Gasteiger partial charge on any atom is -0.336 e. The van der Waals surface area contributed by atoms with Crippen LogP contribution in [0.1, 0.15) is 54.7 Å². The smallest absolute Gasteiger partial charge is 0.257 e. The van der Waals surface area contributed by atoms with Crippen LogP contribution in [0.4, 0.5) is 0 Å². The van der Waals surface area contributed by atoms with Crippen LogP contribution in [0.2, 0.25) is 0 Å². The van der Waals surface area contributed by atoms with Crippen LogP contribution >= 0.6 is 0 Å². The Labute approximate surface area is 160 Å². The van der Waals surface area contributed by atoms with Crippen LogP contribution in [-0.4, -0.2) is 50.9 Å². The number of carbonyl (C=O) groups is 2. The molecule has 0 aliphatic carbocycles. The van der Waals surface area contributed by atoms with E-state index in [1.807, 2.05) is 40.1 Å². The average Bonchev–Trinajstić information content (AvgIpc) is 3.09. The molecule has 0 radical (unpaired) electrons. The molecule has 1 aliphatic heterocycles. The van der Waals surface area contributed by atoms with Crippen LogP contribution in [-0.2, 0) is 17.8 Å². The van der Waals surface area contributed by atoms with Gasteiger partial charge in [0, 0.05) is 37.8 Å². The fraction of sp³-hybridized carbons (Fsp3) is 0.476. The number of hydrogen-bond acceptors (Lipinski definition) is 3. The van der Waals surface area contributed by atoms with E-state index in [0.29, 0.717) is 31.6 Å². The fourth-order valence-corrected chi connectivity index (χ4v) is 3.66. The molecule has 1 fully saturated rings. The number of aromatic nitrogens is 2. The van der Waals surface area contributed by atoms with Gasteiger partial charge in [0.05, 0.1) is 11.8 Å². The number of benzene rings is 1. The molecule has 0 bridgehead atoms. The zero-order valence-electron chi connectivity index (χ0n) is 16.1. The van der Waals surface area contributed by atoms with Crippen LogP contribution < -0.4 is 0 Å². The van der Waals surface area contributed by atoms with E-state index in [9.17, 15) is 9.59 Å². The molecule has 6 heteroatoms. The van der Waals surface area contributed by atoms with Crippen molar-refractivity contribution in [3.05, 3.63) is 53.3 Å². The lowest BCUT2D eigenvalue weighted by molar-refractivity contribution is -0.133. The fourth-order valence-electron chi connectivity index (χ4n) is 3.66. The first kappa shape index (κ1) is 19.1. The van der Waals surface area contributed by atoms with E-state index in [1.54, 1.807) is 6.20 Å². The first-order chi connectivity index (χ1) is 13.1. The van der Waals surface area contributed by atoms with Crippen molar-refractivity contribution in [2.75, 3.05) is 13.1 Å². The van der Waals surface area contributed by atoms with Gasteiger partial charge in [-0.05, 0) is 18.4 Å². The second kappa shape index (κ2) is 8.84. The number of H-pyrrole nitrogens is 1. The summed E-state index contributed by atoms with van der Waals surface area (Å²) in [6.45, 7) is 5.76. The van der Waals surface area contributed by atoms with E-state index in [1.165, 1.54) is 0 Å². The first-order valence-electron chi connectivity index (χ1n) is 9.78. The van der Waals surface area contributed by atoms with E-state index < -0.39 is 0 Å². The summed E-state index contributed by atoms with van der Waals surface area (Å²) in [6.07, 6.45) is 4.53. The lowest BCUT2D eigenvalue weighted by atomic mass is 10.1. The molecular formula is C21H28N4O2. The van der Waals surface area contributed by atoms with Crippen LogP contribution in [0.15, 0.2) is 36.5 Å². The number of nitrogens with one attached hydrogen (secondary N) is 1. The zero-order valence-corrected chi connectivity index (χ0v) is 16.1. The number of aromatic amines is 1. The zero-order chi connectivity index (χ0) is 19.2. The Morgan fingerprint density at radius 2 is 2.04 bits per heavy atom. The van der Waals surface area contributed by atoms with Gasteiger partial charge < -0.3 is 9.80 Å². The Morgan fingerprint density at radius 3 is 2.74 bits per heavy atom. The van der Waals surface area contributed by atoms with E-state index in [0.717, 1.165) is 30.5 Å². The molecule has 0 spiro atoms. The molecule has 1 aromatic carbocycles. The highest BCUT2D eigenvalue weighted by Gasteiger charge is 2.32. The van der Waals surface area contributed by atoms with Gasteiger partial charge >= 0.3 is 0 Å². The maximum atomic E-state index is 13.1. The van der Waals surface area contributed by atoms with E-state index in [-0.39, 0.29) is 17.9 Å². The van der Waals surface area contributed by atoms with Gasteiger partial charge in [0.25, 0.3) is 5.91 Å². The monoisotopic (exact) mass is 368 g/mol. The molecule has 1 aromatic heterocycles. The Kier molecular flexibility index (Phi) is 6.27. The Balaban J connectivity index is 1.77. The molecule has 2 heterocycles. The second-order valence-electron chi connectivity index (χ2n) is 7.08. The van der Waals surface area contributed by atoms with Crippen molar-refractivity contribution in [2.45, 2.75) is 52.1 Å². The molecule has 1 atom stereocenters. The lowest BCUT2D eigenvalue weighted by Crippen LogP contribution is -2.43. The molecule has 27 heavy (non-hydrogen) atoms. The molecule has 2 amide bonds. The third-order valence-electron chi connectivity index (χ3n) is 5.19. The van der Waals surface area contributed by atoms with E-state index >= 15 is 0 Å². The highest BCUT2D eigenvalue weighted by molar-refractivity contribution is 5.95. The molecule has 6 nitrogen and oxygen atoms in total. The minimum absolute atomic E-state index is 0.0192. The molecule has 2 aromatic rings. The third kappa shape index (κ3) is 4.38. The van der Waals surface area contributed by atoms with Crippen molar-refractivity contribution in [2.24, 2.45) is 0 Å². The topological polar surface area (TPSA) is 69.3 Å². The van der Waals surface area contributed by atoms with Crippen LogP contribution in [0.25, 0.3) is 0 Å². The summed E-state index contributed by atoms with van der Waals surface area (Å²) in [6, 6.07) is 10.0. The minimum atomic E-state index is -0.0278. The number of rotatable bonds is 6. The van der Waals surface area contributed by atoms with Gasteiger partial charge in [-0.25, -0.2) is 0 Å². The molecule has 0 saturated carbocycles. The summed E-state index contributed by atoms with van der Waals surface area (Å²) in [4.78, 5) is 29.6. The van der Waals surface area contributed by atoms with Gasteiger partial charge in [-0.15, -0.1) is 0 Å². The van der Waals surface area contributed by atoms with Crippen molar-refractivity contribution >= 4 is 11.8 Å². The maximum absolute atomic E-state index is 13.1. The Morgan fingerprint density at radius 1 is 1.26 bits per heavy atom. The van der Waals surface area contributed by atoms with Crippen molar-refractivity contribution < 1.29 is 9.59 Å². The van der Waals surface area contributed by atoms with Crippen LogP contribution in [0, 0.1) is 0 Å². The van der Waals surface area contributed by atoms with E-state index in [4.69, 9.17) is 0 Å². The van der Waals surface area contributed by atoms with Gasteiger partial charge in [0.2, 0.25) is 5.91 Å². The van der Waals surface area contributed by atoms with Gasteiger partial charge in [-0.2, -0.15) is 5.10 Å². The molecular weight excluding hydrogens is 340 g/mol. The Hall–Kier alpha value is -2.63. The normalized spacial score (nSPS) is 17.9. The summed E-state index contributed by atoms with van der Waals surface area (Å²) >= 11 is 0. The summed E-state index contributed by atoms with van der Waals surface area (Å²) in [5, 5.41) is 7.00. The Bertz CT molecular complexity index is 771. The summed E-state index contributed by atoms with van der Waals surface area (Å²) < 4.78 is 0. The standard InChI is InChI=1S/C21H28N4O2/c1-3-8-19-18(13-22-23-19)21(27)24-12-11-20(26)25(17(4-2)15-24)14-16-9-6-5-7-10-16/h5-7,9-10,13,17H,3-4,8,11-12,14-15H2,1-2H3,(H,22,23)/t17-/m1/s1.